The van der Waals surface area contributed by atoms with Gasteiger partial charge in [-0.25, -0.2) is 9.37 Å². The molecule has 5 nitrogen and oxygen atoms in total. The second kappa shape index (κ2) is 6.68. The molecule has 1 aliphatic rings. The van der Waals surface area contributed by atoms with Crippen LogP contribution in [0.1, 0.15) is 31.4 Å². The Balaban J connectivity index is 1.91. The first-order valence-corrected chi connectivity index (χ1v) is 7.92. The molecule has 1 aliphatic carbocycles. The minimum atomic E-state index is -0.442. The van der Waals surface area contributed by atoms with Gasteiger partial charge in [0.05, 0.1) is 23.0 Å². The Morgan fingerprint density at radius 1 is 1.39 bits per heavy atom. The summed E-state index contributed by atoms with van der Waals surface area (Å²) in [6.07, 6.45) is 2.18. The Labute approximate surface area is 138 Å². The third kappa shape index (κ3) is 3.89. The Morgan fingerprint density at radius 2 is 2.17 bits per heavy atom. The van der Waals surface area contributed by atoms with Gasteiger partial charge in [0.2, 0.25) is 5.95 Å². The van der Waals surface area contributed by atoms with Gasteiger partial charge in [-0.15, -0.1) is 0 Å². The molecule has 1 heterocycles. The summed E-state index contributed by atoms with van der Waals surface area (Å²) in [7, 11) is 0. The van der Waals surface area contributed by atoms with E-state index in [4.69, 9.17) is 16.7 Å². The predicted molar refractivity (Wildman–Crippen MR) is 88.9 cm³/mol. The third-order valence-electron chi connectivity index (χ3n) is 3.61. The van der Waals surface area contributed by atoms with Crippen LogP contribution in [0, 0.1) is 5.82 Å². The van der Waals surface area contributed by atoms with Crippen molar-refractivity contribution in [3.05, 3.63) is 40.8 Å². The minimum absolute atomic E-state index is 0.0288. The van der Waals surface area contributed by atoms with Gasteiger partial charge >= 0.3 is 0 Å². The van der Waals surface area contributed by atoms with Crippen molar-refractivity contribution in [1.82, 2.24) is 9.97 Å². The predicted octanol–water partition coefficient (Wildman–Crippen LogP) is 3.68. The molecule has 1 fully saturated rings. The molecule has 0 saturated heterocycles. The van der Waals surface area contributed by atoms with Gasteiger partial charge in [-0.1, -0.05) is 17.7 Å². The summed E-state index contributed by atoms with van der Waals surface area (Å²) < 4.78 is 13.9. The molecule has 0 bridgehead atoms. The maximum atomic E-state index is 13.9. The third-order valence-corrected chi connectivity index (χ3v) is 3.92. The van der Waals surface area contributed by atoms with Crippen LogP contribution in [-0.4, -0.2) is 27.7 Å². The minimum Gasteiger partial charge on any atom is -0.394 e. The molecule has 0 amide bonds. The van der Waals surface area contributed by atoms with Crippen molar-refractivity contribution in [2.24, 2.45) is 0 Å². The summed E-state index contributed by atoms with van der Waals surface area (Å²) >= 11 is 6.05. The molecule has 0 aliphatic heterocycles. The van der Waals surface area contributed by atoms with E-state index in [0.717, 1.165) is 18.5 Å². The highest BCUT2D eigenvalue weighted by Crippen LogP contribution is 2.40. The number of hydrogen-bond donors (Lipinski definition) is 3. The number of aliphatic hydroxyl groups is 1. The molecule has 1 aromatic carbocycles. The average molecular weight is 337 g/mol. The first-order valence-electron chi connectivity index (χ1n) is 7.54. The van der Waals surface area contributed by atoms with Gasteiger partial charge in [0.25, 0.3) is 0 Å². The van der Waals surface area contributed by atoms with Gasteiger partial charge in [-0.05, 0) is 31.9 Å². The topological polar surface area (TPSA) is 70.1 Å². The number of nitrogens with one attached hydrogen (secondary N) is 2. The fourth-order valence-electron chi connectivity index (χ4n) is 2.19. The zero-order chi connectivity index (χ0) is 16.4. The van der Waals surface area contributed by atoms with Gasteiger partial charge in [0, 0.05) is 18.0 Å². The number of benzene rings is 1. The van der Waals surface area contributed by atoms with E-state index in [1.54, 1.807) is 12.1 Å². The zero-order valence-corrected chi connectivity index (χ0v) is 13.4. The first-order chi connectivity index (χ1) is 11.1. The number of halogens is 2. The van der Waals surface area contributed by atoms with Crippen molar-refractivity contribution in [2.45, 2.75) is 31.7 Å². The van der Waals surface area contributed by atoms with Crippen molar-refractivity contribution >= 4 is 29.1 Å². The molecule has 0 spiro atoms. The van der Waals surface area contributed by atoms with Crippen LogP contribution in [0.15, 0.2) is 24.3 Å². The van der Waals surface area contributed by atoms with Crippen molar-refractivity contribution in [2.75, 3.05) is 17.2 Å². The second-order valence-electron chi connectivity index (χ2n) is 5.73. The summed E-state index contributed by atoms with van der Waals surface area (Å²) in [5, 5.41) is 15.4. The maximum absolute atomic E-state index is 13.9. The van der Waals surface area contributed by atoms with Gasteiger partial charge < -0.3 is 15.7 Å². The number of para-hydroxylation sites is 1. The van der Waals surface area contributed by atoms with Crippen LogP contribution in [0.25, 0.3) is 0 Å². The average Bonchev–Trinajstić information content (AvgIpc) is 3.35. The Hall–Kier alpha value is -1.92. The van der Waals surface area contributed by atoms with Gasteiger partial charge in [-0.2, -0.15) is 4.98 Å². The highest BCUT2D eigenvalue weighted by Gasteiger charge is 2.26. The van der Waals surface area contributed by atoms with E-state index in [2.05, 4.69) is 20.6 Å². The lowest BCUT2D eigenvalue weighted by Gasteiger charge is -2.14. The van der Waals surface area contributed by atoms with Crippen LogP contribution in [0.3, 0.4) is 0 Å². The number of anilines is 3. The summed E-state index contributed by atoms with van der Waals surface area (Å²) in [5.41, 5.74) is 1.10. The number of aliphatic hydroxyl groups excluding tert-OH is 1. The SMILES string of the molecule is C[C@H](CO)Nc1nc(Nc2c(F)cccc2Cl)cc(C2CC2)n1. The smallest absolute Gasteiger partial charge is 0.225 e. The molecular weight excluding hydrogens is 319 g/mol. The zero-order valence-electron chi connectivity index (χ0n) is 12.7. The first kappa shape index (κ1) is 16.0. The van der Waals surface area contributed by atoms with E-state index < -0.39 is 5.82 Å². The molecule has 23 heavy (non-hydrogen) atoms. The second-order valence-corrected chi connectivity index (χ2v) is 6.13. The lowest BCUT2D eigenvalue weighted by molar-refractivity contribution is 0.281. The molecular formula is C16H18ClFN4O. The molecule has 0 radical (unpaired) electrons. The van der Waals surface area contributed by atoms with E-state index in [1.807, 2.05) is 13.0 Å². The summed E-state index contributed by atoms with van der Waals surface area (Å²) in [6.45, 7) is 1.80. The molecule has 3 N–H and O–H groups in total. The maximum Gasteiger partial charge on any atom is 0.225 e. The normalized spacial score (nSPS) is 15.3. The van der Waals surface area contributed by atoms with Gasteiger partial charge in [-0.3, -0.25) is 0 Å². The Bertz CT molecular complexity index is 688. The van der Waals surface area contributed by atoms with Crippen molar-refractivity contribution in [1.29, 1.82) is 0 Å². The van der Waals surface area contributed by atoms with Crippen LogP contribution in [0.4, 0.5) is 21.8 Å². The highest BCUT2D eigenvalue weighted by atomic mass is 35.5. The number of aromatic nitrogens is 2. The van der Waals surface area contributed by atoms with Crippen LogP contribution >= 0.6 is 11.6 Å². The van der Waals surface area contributed by atoms with Crippen LogP contribution < -0.4 is 10.6 Å². The van der Waals surface area contributed by atoms with Crippen LogP contribution in [0.5, 0.6) is 0 Å². The molecule has 2 aromatic rings. The lowest BCUT2D eigenvalue weighted by Crippen LogP contribution is -2.21. The number of nitrogens with zero attached hydrogens (tertiary/aromatic N) is 2. The van der Waals surface area contributed by atoms with Gasteiger partial charge in [0.15, 0.2) is 0 Å². The molecule has 1 saturated carbocycles. The molecule has 3 rings (SSSR count). The standard InChI is InChI=1S/C16H18ClFN4O/c1-9(8-23)19-16-20-13(10-5-6-10)7-14(22-16)21-15-11(17)3-2-4-12(15)18/h2-4,7,9-10,23H,5-6,8H2,1H3,(H2,19,20,21,22)/t9-/m1/s1. The lowest BCUT2D eigenvalue weighted by atomic mass is 10.2. The van der Waals surface area contributed by atoms with Crippen LogP contribution in [-0.2, 0) is 0 Å². The summed E-state index contributed by atoms with van der Waals surface area (Å²) in [6, 6.07) is 6.14. The van der Waals surface area contributed by atoms with Crippen molar-refractivity contribution < 1.29 is 9.50 Å². The Kier molecular flexibility index (Phi) is 4.63. The van der Waals surface area contributed by atoms with E-state index in [-0.39, 0.29) is 23.4 Å². The van der Waals surface area contributed by atoms with Crippen molar-refractivity contribution in [3.8, 4) is 0 Å². The largest absolute Gasteiger partial charge is 0.394 e. The highest BCUT2D eigenvalue weighted by molar-refractivity contribution is 6.33. The number of hydrogen-bond acceptors (Lipinski definition) is 5. The van der Waals surface area contributed by atoms with Crippen molar-refractivity contribution in [3.63, 3.8) is 0 Å². The Morgan fingerprint density at radius 3 is 2.83 bits per heavy atom. The summed E-state index contributed by atoms with van der Waals surface area (Å²) in [4.78, 5) is 8.81. The fraction of sp³-hybridized carbons (Fsp3) is 0.375. The monoisotopic (exact) mass is 336 g/mol. The van der Waals surface area contributed by atoms with Gasteiger partial charge in [0.1, 0.15) is 11.6 Å². The molecule has 1 atom stereocenters. The van der Waals surface area contributed by atoms with E-state index >= 15 is 0 Å². The molecule has 7 heteroatoms. The summed E-state index contributed by atoms with van der Waals surface area (Å²) in [5.74, 6) is 0.856. The molecule has 0 unspecified atom stereocenters. The molecule has 1 aromatic heterocycles. The quantitative estimate of drug-likeness (QED) is 0.750. The molecule has 122 valence electrons. The van der Waals surface area contributed by atoms with E-state index in [1.165, 1.54) is 6.07 Å². The van der Waals surface area contributed by atoms with E-state index in [9.17, 15) is 4.39 Å². The fourth-order valence-corrected chi connectivity index (χ4v) is 2.40. The van der Waals surface area contributed by atoms with E-state index in [0.29, 0.717) is 17.7 Å². The van der Waals surface area contributed by atoms with Crippen LogP contribution in [0.2, 0.25) is 5.02 Å². The number of rotatable bonds is 6.